The number of carbonyl (C=O) groups is 1. The first-order valence-corrected chi connectivity index (χ1v) is 6.48. The molecule has 7 heteroatoms. The van der Waals surface area contributed by atoms with Gasteiger partial charge in [-0.15, -0.1) is 0 Å². The standard InChI is InChI=1S/C9H19NO5S/c1-8(5-7-15-3)16(13,14)10(2)6-4-9(11)12/h8H,4-7H2,1-3H3,(H,11,12). The van der Waals surface area contributed by atoms with Gasteiger partial charge in [0.25, 0.3) is 0 Å². The van der Waals surface area contributed by atoms with Crippen LogP contribution in [0.1, 0.15) is 19.8 Å². The first-order valence-electron chi connectivity index (χ1n) is 4.98. The van der Waals surface area contributed by atoms with Crippen molar-refractivity contribution in [1.29, 1.82) is 0 Å². The highest BCUT2D eigenvalue weighted by Gasteiger charge is 2.25. The Morgan fingerprint density at radius 2 is 2.06 bits per heavy atom. The van der Waals surface area contributed by atoms with E-state index in [-0.39, 0.29) is 13.0 Å². The maximum atomic E-state index is 11.8. The summed E-state index contributed by atoms with van der Waals surface area (Å²) < 4.78 is 29.5. The van der Waals surface area contributed by atoms with Gasteiger partial charge < -0.3 is 9.84 Å². The second-order valence-electron chi connectivity index (χ2n) is 3.60. The van der Waals surface area contributed by atoms with Gasteiger partial charge in [-0.05, 0) is 13.3 Å². The number of nitrogens with zero attached hydrogens (tertiary/aromatic N) is 1. The second-order valence-corrected chi connectivity index (χ2v) is 6.06. The summed E-state index contributed by atoms with van der Waals surface area (Å²) in [6.07, 6.45) is 0.211. The fraction of sp³-hybridized carbons (Fsp3) is 0.889. The molecular weight excluding hydrogens is 234 g/mol. The number of sulfonamides is 1. The molecule has 96 valence electrons. The lowest BCUT2D eigenvalue weighted by molar-refractivity contribution is -0.137. The smallest absolute Gasteiger partial charge is 0.304 e. The van der Waals surface area contributed by atoms with E-state index in [4.69, 9.17) is 9.84 Å². The summed E-state index contributed by atoms with van der Waals surface area (Å²) in [5, 5.41) is 7.90. The van der Waals surface area contributed by atoms with E-state index < -0.39 is 21.2 Å². The molecule has 0 saturated heterocycles. The van der Waals surface area contributed by atoms with Gasteiger partial charge in [-0.2, -0.15) is 0 Å². The highest BCUT2D eigenvalue weighted by Crippen LogP contribution is 2.10. The van der Waals surface area contributed by atoms with Crippen LogP contribution in [0.15, 0.2) is 0 Å². The van der Waals surface area contributed by atoms with Crippen molar-refractivity contribution < 1.29 is 23.1 Å². The molecule has 0 aliphatic heterocycles. The molecule has 0 spiro atoms. The lowest BCUT2D eigenvalue weighted by atomic mass is 10.3. The van der Waals surface area contributed by atoms with Crippen LogP contribution in [0.5, 0.6) is 0 Å². The second kappa shape index (κ2) is 6.82. The van der Waals surface area contributed by atoms with Gasteiger partial charge in [0.05, 0.1) is 11.7 Å². The Hall–Kier alpha value is -0.660. The van der Waals surface area contributed by atoms with E-state index in [1.165, 1.54) is 14.2 Å². The topological polar surface area (TPSA) is 83.9 Å². The summed E-state index contributed by atoms with van der Waals surface area (Å²) in [7, 11) is -0.519. The molecule has 0 radical (unpaired) electrons. The van der Waals surface area contributed by atoms with E-state index in [1.54, 1.807) is 6.92 Å². The zero-order valence-corrected chi connectivity index (χ0v) is 10.7. The quantitative estimate of drug-likeness (QED) is 0.665. The molecule has 1 atom stereocenters. The number of hydrogen-bond acceptors (Lipinski definition) is 4. The molecule has 0 aromatic carbocycles. The van der Waals surface area contributed by atoms with Crippen LogP contribution in [0.2, 0.25) is 0 Å². The Morgan fingerprint density at radius 3 is 2.50 bits per heavy atom. The number of methoxy groups -OCH3 is 1. The molecule has 1 unspecified atom stereocenters. The number of carboxylic acids is 1. The van der Waals surface area contributed by atoms with Gasteiger partial charge in [0.2, 0.25) is 10.0 Å². The Labute approximate surface area is 96.2 Å². The van der Waals surface area contributed by atoms with Crippen LogP contribution in [-0.2, 0) is 19.6 Å². The Morgan fingerprint density at radius 1 is 1.50 bits per heavy atom. The largest absolute Gasteiger partial charge is 0.481 e. The molecule has 0 aromatic rings. The number of hydrogen-bond donors (Lipinski definition) is 1. The molecule has 0 aliphatic rings. The molecule has 0 bridgehead atoms. The number of aliphatic carboxylic acids is 1. The summed E-state index contributed by atoms with van der Waals surface area (Å²) in [4.78, 5) is 10.3. The summed E-state index contributed by atoms with van der Waals surface area (Å²) in [6, 6.07) is 0. The van der Waals surface area contributed by atoms with Crippen LogP contribution in [0.25, 0.3) is 0 Å². The van der Waals surface area contributed by atoms with Crippen LogP contribution in [0.4, 0.5) is 0 Å². The molecule has 0 heterocycles. The zero-order chi connectivity index (χ0) is 12.8. The SMILES string of the molecule is COCCC(C)S(=O)(=O)N(C)CCC(=O)O. The Bertz CT molecular complexity index is 314. The van der Waals surface area contributed by atoms with Gasteiger partial charge in [0, 0.05) is 27.3 Å². The van der Waals surface area contributed by atoms with E-state index in [0.717, 1.165) is 4.31 Å². The van der Waals surface area contributed by atoms with Crippen LogP contribution >= 0.6 is 0 Å². The van der Waals surface area contributed by atoms with Gasteiger partial charge >= 0.3 is 5.97 Å². The van der Waals surface area contributed by atoms with Crippen molar-refractivity contribution in [3.05, 3.63) is 0 Å². The van der Waals surface area contributed by atoms with Crippen molar-refractivity contribution in [1.82, 2.24) is 4.31 Å². The number of rotatable bonds is 8. The average Bonchev–Trinajstić information content (AvgIpc) is 2.21. The van der Waals surface area contributed by atoms with Gasteiger partial charge in [-0.1, -0.05) is 0 Å². The van der Waals surface area contributed by atoms with Crippen molar-refractivity contribution in [3.63, 3.8) is 0 Å². The van der Waals surface area contributed by atoms with E-state index in [2.05, 4.69) is 0 Å². The molecule has 6 nitrogen and oxygen atoms in total. The third-order valence-electron chi connectivity index (χ3n) is 2.31. The summed E-state index contributed by atoms with van der Waals surface area (Å²) in [6.45, 7) is 1.95. The van der Waals surface area contributed by atoms with E-state index in [1.807, 2.05) is 0 Å². The van der Waals surface area contributed by atoms with Crippen LogP contribution in [0, 0.1) is 0 Å². The molecule has 1 N–H and O–H groups in total. The lowest BCUT2D eigenvalue weighted by Gasteiger charge is -2.21. The maximum Gasteiger partial charge on any atom is 0.304 e. The minimum atomic E-state index is -3.42. The lowest BCUT2D eigenvalue weighted by Crippen LogP contribution is -2.36. The fourth-order valence-electron chi connectivity index (χ4n) is 1.12. The van der Waals surface area contributed by atoms with Crippen LogP contribution < -0.4 is 0 Å². The van der Waals surface area contributed by atoms with Crippen molar-refractivity contribution in [3.8, 4) is 0 Å². The van der Waals surface area contributed by atoms with E-state index >= 15 is 0 Å². The van der Waals surface area contributed by atoms with Gasteiger partial charge in [-0.25, -0.2) is 12.7 Å². The molecule has 16 heavy (non-hydrogen) atoms. The molecule has 0 aliphatic carbocycles. The van der Waals surface area contributed by atoms with Crippen molar-refractivity contribution >= 4 is 16.0 Å². The zero-order valence-electron chi connectivity index (χ0n) is 9.84. The Kier molecular flexibility index (Phi) is 6.54. The number of carboxylic acid groups (broad SMARTS) is 1. The predicted octanol–water partition coefficient (Wildman–Crippen LogP) is 0.148. The minimum Gasteiger partial charge on any atom is -0.481 e. The van der Waals surface area contributed by atoms with Gasteiger partial charge in [0.1, 0.15) is 0 Å². The van der Waals surface area contributed by atoms with Gasteiger partial charge in [0.15, 0.2) is 0 Å². The third-order valence-corrected chi connectivity index (χ3v) is 4.62. The highest BCUT2D eigenvalue weighted by molar-refractivity contribution is 7.89. The van der Waals surface area contributed by atoms with Crippen molar-refractivity contribution in [2.45, 2.75) is 25.0 Å². The molecule has 0 saturated carbocycles. The predicted molar refractivity (Wildman–Crippen MR) is 59.8 cm³/mol. The fourth-order valence-corrected chi connectivity index (χ4v) is 2.47. The highest BCUT2D eigenvalue weighted by atomic mass is 32.2. The molecule has 0 aromatic heterocycles. The Balaban J connectivity index is 4.34. The first-order chi connectivity index (χ1) is 7.32. The van der Waals surface area contributed by atoms with Crippen LogP contribution in [-0.4, -0.2) is 56.4 Å². The molecule has 0 amide bonds. The molecular formula is C9H19NO5S. The average molecular weight is 253 g/mol. The molecule has 0 fully saturated rings. The normalized spacial score (nSPS) is 14.0. The van der Waals surface area contributed by atoms with Crippen molar-refractivity contribution in [2.75, 3.05) is 27.3 Å². The molecule has 0 rings (SSSR count). The third kappa shape index (κ3) is 4.91. The van der Waals surface area contributed by atoms with E-state index in [9.17, 15) is 13.2 Å². The summed E-state index contributed by atoms with van der Waals surface area (Å²) in [5.74, 6) is -1.01. The van der Waals surface area contributed by atoms with Gasteiger partial charge in [-0.3, -0.25) is 4.79 Å². The van der Waals surface area contributed by atoms with Crippen molar-refractivity contribution in [2.24, 2.45) is 0 Å². The van der Waals surface area contributed by atoms with E-state index in [0.29, 0.717) is 13.0 Å². The number of ether oxygens (including phenoxy) is 1. The summed E-state index contributed by atoms with van der Waals surface area (Å²) in [5.41, 5.74) is 0. The monoisotopic (exact) mass is 253 g/mol. The van der Waals surface area contributed by atoms with Crippen LogP contribution in [0.3, 0.4) is 0 Å². The minimum absolute atomic E-state index is 0.00497. The maximum absolute atomic E-state index is 11.8. The summed E-state index contributed by atoms with van der Waals surface area (Å²) >= 11 is 0. The first kappa shape index (κ1) is 15.3.